The molecule has 1 saturated heterocycles. The molecule has 82 valence electrons. The summed E-state index contributed by atoms with van der Waals surface area (Å²) in [5.74, 6) is 0. The molecular formula is C11H21NO2. The van der Waals surface area contributed by atoms with E-state index in [0.29, 0.717) is 6.04 Å². The van der Waals surface area contributed by atoms with E-state index < -0.39 is 0 Å². The van der Waals surface area contributed by atoms with Gasteiger partial charge in [-0.3, -0.25) is 0 Å². The molecule has 1 N–H and O–H groups in total. The minimum atomic E-state index is 0.00358. The highest BCUT2D eigenvalue weighted by Gasteiger charge is 2.20. The highest BCUT2D eigenvalue weighted by molar-refractivity contribution is 4.75. The molecule has 0 spiro atoms. The van der Waals surface area contributed by atoms with Gasteiger partial charge in [-0.05, 0) is 19.4 Å². The number of allylic oxidation sites excluding steroid dienone is 1. The first-order chi connectivity index (χ1) is 6.86. The normalized spacial score (nSPS) is 19.8. The lowest BCUT2D eigenvalue weighted by molar-refractivity contribution is -0.0530. The zero-order chi connectivity index (χ0) is 10.2. The lowest BCUT2D eigenvalue weighted by Crippen LogP contribution is -2.32. The van der Waals surface area contributed by atoms with Crippen LogP contribution in [-0.2, 0) is 9.47 Å². The molecule has 3 heteroatoms. The van der Waals surface area contributed by atoms with E-state index in [-0.39, 0.29) is 6.29 Å². The Morgan fingerprint density at radius 3 is 2.79 bits per heavy atom. The summed E-state index contributed by atoms with van der Waals surface area (Å²) >= 11 is 0. The molecule has 0 radical (unpaired) electrons. The van der Waals surface area contributed by atoms with Crippen LogP contribution in [0.4, 0.5) is 0 Å². The van der Waals surface area contributed by atoms with Gasteiger partial charge in [0.15, 0.2) is 6.29 Å². The first-order valence-corrected chi connectivity index (χ1v) is 5.44. The van der Waals surface area contributed by atoms with Gasteiger partial charge in [0.05, 0.1) is 13.2 Å². The summed E-state index contributed by atoms with van der Waals surface area (Å²) in [6.07, 6.45) is 5.07. The smallest absolute Gasteiger partial charge is 0.159 e. The molecule has 1 aliphatic heterocycles. The topological polar surface area (TPSA) is 30.5 Å². The summed E-state index contributed by atoms with van der Waals surface area (Å²) in [5.41, 5.74) is 0. The summed E-state index contributed by atoms with van der Waals surface area (Å²) in [6.45, 7) is 8.33. The van der Waals surface area contributed by atoms with Crippen LogP contribution in [0, 0.1) is 0 Å². The highest BCUT2D eigenvalue weighted by Crippen LogP contribution is 2.13. The quantitative estimate of drug-likeness (QED) is 0.633. The van der Waals surface area contributed by atoms with Crippen LogP contribution in [0.1, 0.15) is 26.2 Å². The van der Waals surface area contributed by atoms with Crippen LogP contribution in [0.2, 0.25) is 0 Å². The van der Waals surface area contributed by atoms with Gasteiger partial charge in [0, 0.05) is 12.5 Å². The lowest BCUT2D eigenvalue weighted by Gasteiger charge is -2.19. The van der Waals surface area contributed by atoms with E-state index in [0.717, 1.165) is 39.0 Å². The van der Waals surface area contributed by atoms with E-state index in [1.54, 1.807) is 0 Å². The Morgan fingerprint density at radius 1 is 1.50 bits per heavy atom. The minimum absolute atomic E-state index is 0.00358. The maximum atomic E-state index is 5.42. The molecule has 0 aliphatic carbocycles. The van der Waals surface area contributed by atoms with E-state index in [4.69, 9.17) is 9.47 Å². The maximum absolute atomic E-state index is 5.42. The fraction of sp³-hybridized carbons (Fsp3) is 0.818. The van der Waals surface area contributed by atoms with Crippen molar-refractivity contribution >= 4 is 0 Å². The maximum Gasteiger partial charge on any atom is 0.159 e. The molecule has 0 aromatic rings. The third-order valence-corrected chi connectivity index (χ3v) is 2.38. The second kappa shape index (κ2) is 6.98. The molecular weight excluding hydrogens is 178 g/mol. The Hall–Kier alpha value is -0.380. The van der Waals surface area contributed by atoms with Crippen molar-refractivity contribution in [1.29, 1.82) is 0 Å². The largest absolute Gasteiger partial charge is 0.350 e. The van der Waals surface area contributed by atoms with Crippen molar-refractivity contribution in [1.82, 2.24) is 5.32 Å². The second-order valence-corrected chi connectivity index (χ2v) is 3.53. The van der Waals surface area contributed by atoms with Gasteiger partial charge < -0.3 is 14.8 Å². The van der Waals surface area contributed by atoms with Gasteiger partial charge >= 0.3 is 0 Å². The summed E-state index contributed by atoms with van der Waals surface area (Å²) in [4.78, 5) is 0. The van der Waals surface area contributed by atoms with E-state index >= 15 is 0 Å². The first-order valence-electron chi connectivity index (χ1n) is 5.44. The monoisotopic (exact) mass is 199 g/mol. The minimum Gasteiger partial charge on any atom is -0.350 e. The lowest BCUT2D eigenvalue weighted by atomic mass is 10.1. The molecule has 0 bridgehead atoms. The predicted octanol–water partition coefficient (Wildman–Crippen LogP) is 1.69. The fourth-order valence-electron chi connectivity index (χ4n) is 1.69. The summed E-state index contributed by atoms with van der Waals surface area (Å²) in [6, 6.07) is 0.487. The van der Waals surface area contributed by atoms with Crippen LogP contribution in [-0.4, -0.2) is 32.1 Å². The van der Waals surface area contributed by atoms with Gasteiger partial charge in [0.1, 0.15) is 0 Å². The van der Waals surface area contributed by atoms with Gasteiger partial charge in [-0.2, -0.15) is 0 Å². The molecule has 14 heavy (non-hydrogen) atoms. The number of hydrogen-bond acceptors (Lipinski definition) is 3. The Balaban J connectivity index is 2.21. The Kier molecular flexibility index (Phi) is 5.83. The molecule has 1 fully saturated rings. The van der Waals surface area contributed by atoms with Crippen molar-refractivity contribution in [2.45, 2.75) is 38.5 Å². The first kappa shape index (κ1) is 11.7. The predicted molar refractivity (Wildman–Crippen MR) is 57.2 cm³/mol. The molecule has 0 aromatic heterocycles. The third-order valence-electron chi connectivity index (χ3n) is 2.38. The molecule has 0 saturated carbocycles. The Bertz CT molecular complexity index is 155. The van der Waals surface area contributed by atoms with Gasteiger partial charge in [0.2, 0.25) is 0 Å². The van der Waals surface area contributed by atoms with Crippen molar-refractivity contribution in [2.75, 3.05) is 19.8 Å². The van der Waals surface area contributed by atoms with Crippen LogP contribution in [0.3, 0.4) is 0 Å². The zero-order valence-electron chi connectivity index (χ0n) is 9.00. The highest BCUT2D eigenvalue weighted by atomic mass is 16.7. The van der Waals surface area contributed by atoms with Crippen molar-refractivity contribution < 1.29 is 9.47 Å². The van der Waals surface area contributed by atoms with E-state index in [1.807, 2.05) is 6.08 Å². The number of nitrogens with one attached hydrogen (secondary N) is 1. The molecule has 1 unspecified atom stereocenters. The number of ether oxygens (including phenoxy) is 2. The number of hydrogen-bond donors (Lipinski definition) is 1. The molecule has 1 heterocycles. The van der Waals surface area contributed by atoms with Crippen LogP contribution in [0.5, 0.6) is 0 Å². The molecule has 1 rings (SSSR count). The van der Waals surface area contributed by atoms with E-state index in [1.165, 1.54) is 0 Å². The Labute approximate surface area is 86.5 Å². The van der Waals surface area contributed by atoms with Crippen LogP contribution in [0.15, 0.2) is 12.7 Å². The Morgan fingerprint density at radius 2 is 2.21 bits per heavy atom. The molecule has 3 nitrogen and oxygen atoms in total. The summed E-state index contributed by atoms with van der Waals surface area (Å²) in [7, 11) is 0. The van der Waals surface area contributed by atoms with Gasteiger partial charge in [-0.15, -0.1) is 6.58 Å². The van der Waals surface area contributed by atoms with Crippen molar-refractivity contribution in [3.8, 4) is 0 Å². The van der Waals surface area contributed by atoms with Crippen LogP contribution in [0.25, 0.3) is 0 Å². The van der Waals surface area contributed by atoms with Crippen molar-refractivity contribution in [3.63, 3.8) is 0 Å². The van der Waals surface area contributed by atoms with Gasteiger partial charge in [0.25, 0.3) is 0 Å². The van der Waals surface area contributed by atoms with Crippen molar-refractivity contribution in [2.24, 2.45) is 0 Å². The van der Waals surface area contributed by atoms with E-state index in [9.17, 15) is 0 Å². The summed E-state index contributed by atoms with van der Waals surface area (Å²) < 4.78 is 10.8. The SMILES string of the molecule is C=CCCC(CC1OCCO1)NCC. The molecule has 1 atom stereocenters. The molecule has 1 aliphatic rings. The average Bonchev–Trinajstić information content (AvgIpc) is 2.67. The molecule has 0 amide bonds. The van der Waals surface area contributed by atoms with Gasteiger partial charge in [-0.1, -0.05) is 13.0 Å². The average molecular weight is 199 g/mol. The van der Waals surface area contributed by atoms with Crippen LogP contribution >= 0.6 is 0 Å². The van der Waals surface area contributed by atoms with Gasteiger partial charge in [-0.25, -0.2) is 0 Å². The van der Waals surface area contributed by atoms with Crippen LogP contribution < -0.4 is 5.32 Å². The summed E-state index contributed by atoms with van der Waals surface area (Å²) in [5, 5.41) is 3.44. The molecule has 0 aromatic carbocycles. The van der Waals surface area contributed by atoms with E-state index in [2.05, 4.69) is 18.8 Å². The zero-order valence-corrected chi connectivity index (χ0v) is 9.00. The third kappa shape index (κ3) is 4.22. The van der Waals surface area contributed by atoms with Crippen molar-refractivity contribution in [3.05, 3.63) is 12.7 Å². The fourth-order valence-corrected chi connectivity index (χ4v) is 1.69. The standard InChI is InChI=1S/C11H21NO2/c1-3-5-6-10(12-4-2)9-11-13-7-8-14-11/h3,10-12H,1,4-9H2,2H3. The number of rotatable bonds is 7. The second-order valence-electron chi connectivity index (χ2n) is 3.53.